The highest BCUT2D eigenvalue weighted by Crippen LogP contribution is 2.29. The van der Waals surface area contributed by atoms with Crippen molar-refractivity contribution in [3.05, 3.63) is 22.7 Å². The van der Waals surface area contributed by atoms with E-state index in [2.05, 4.69) is 5.32 Å². The van der Waals surface area contributed by atoms with Crippen LogP contribution >= 0.6 is 11.6 Å². The summed E-state index contributed by atoms with van der Waals surface area (Å²) < 4.78 is 26.3. The number of benzene rings is 1. The summed E-state index contributed by atoms with van der Waals surface area (Å²) in [5, 5.41) is 2.74. The lowest BCUT2D eigenvalue weighted by Crippen LogP contribution is -2.37. The molecule has 0 atom stereocenters. The fraction of sp³-hybridized carbons (Fsp3) is 0.417. The number of halogens is 1. The Kier molecular flexibility index (Phi) is 4.22. The van der Waals surface area contributed by atoms with Crippen LogP contribution in [0.5, 0.6) is 0 Å². The van der Waals surface area contributed by atoms with Crippen LogP contribution in [0.4, 0.5) is 5.69 Å². The molecule has 1 aliphatic heterocycles. The zero-order valence-corrected chi connectivity index (χ0v) is 12.6. The van der Waals surface area contributed by atoms with Crippen molar-refractivity contribution in [1.82, 2.24) is 9.62 Å². The molecule has 0 radical (unpaired) electrons. The van der Waals surface area contributed by atoms with Crippen molar-refractivity contribution < 1.29 is 13.2 Å². The van der Waals surface area contributed by atoms with E-state index in [1.54, 1.807) is 6.92 Å². The molecular formula is C12H16ClN3O3S. The number of carbonyl (C=O) groups is 1. The lowest BCUT2D eigenvalue weighted by atomic mass is 10.2. The van der Waals surface area contributed by atoms with Crippen molar-refractivity contribution in [3.63, 3.8) is 0 Å². The summed E-state index contributed by atoms with van der Waals surface area (Å²) in [6, 6.07) is 2.86. The van der Waals surface area contributed by atoms with Gasteiger partial charge in [0, 0.05) is 18.8 Å². The third kappa shape index (κ3) is 2.89. The highest BCUT2D eigenvalue weighted by Gasteiger charge is 2.30. The molecule has 1 aromatic carbocycles. The third-order valence-corrected chi connectivity index (χ3v) is 5.47. The number of carbonyl (C=O) groups excluding carboxylic acids is 1. The number of nitrogens with two attached hydrogens (primary N) is 1. The molecule has 0 spiro atoms. The minimum Gasteiger partial charge on any atom is -0.398 e. The number of rotatable bonds is 2. The van der Waals surface area contributed by atoms with Gasteiger partial charge in [0.05, 0.1) is 11.6 Å². The van der Waals surface area contributed by atoms with Crippen molar-refractivity contribution in [2.24, 2.45) is 0 Å². The molecule has 2 rings (SSSR count). The summed E-state index contributed by atoms with van der Waals surface area (Å²) >= 11 is 6.02. The molecule has 1 amide bonds. The van der Waals surface area contributed by atoms with Crippen molar-refractivity contribution in [2.45, 2.75) is 18.2 Å². The minimum atomic E-state index is -3.83. The molecule has 0 unspecified atom stereocenters. The van der Waals surface area contributed by atoms with Crippen LogP contribution < -0.4 is 11.1 Å². The Bertz CT molecular complexity index is 646. The van der Waals surface area contributed by atoms with E-state index in [4.69, 9.17) is 17.3 Å². The van der Waals surface area contributed by atoms with Crippen molar-refractivity contribution >= 4 is 33.2 Å². The number of aryl methyl sites for hydroxylation is 1. The largest absolute Gasteiger partial charge is 0.398 e. The van der Waals surface area contributed by atoms with Crippen molar-refractivity contribution in [3.8, 4) is 0 Å². The first-order chi connectivity index (χ1) is 9.32. The molecule has 20 heavy (non-hydrogen) atoms. The lowest BCUT2D eigenvalue weighted by molar-refractivity contribution is -0.120. The first kappa shape index (κ1) is 15.1. The number of anilines is 1. The molecule has 1 saturated heterocycles. The van der Waals surface area contributed by atoms with Gasteiger partial charge in [-0.05, 0) is 31.0 Å². The Labute approximate surface area is 122 Å². The molecule has 110 valence electrons. The van der Waals surface area contributed by atoms with Gasteiger partial charge in [-0.2, -0.15) is 4.31 Å². The van der Waals surface area contributed by atoms with E-state index < -0.39 is 10.0 Å². The van der Waals surface area contributed by atoms with Crippen LogP contribution in [0.3, 0.4) is 0 Å². The molecule has 0 aliphatic carbocycles. The van der Waals surface area contributed by atoms with E-state index in [0.717, 1.165) is 4.31 Å². The maximum atomic E-state index is 12.6. The van der Waals surface area contributed by atoms with Crippen LogP contribution in [0, 0.1) is 6.92 Å². The highest BCUT2D eigenvalue weighted by atomic mass is 35.5. The quantitative estimate of drug-likeness (QED) is 0.787. The molecular weight excluding hydrogens is 302 g/mol. The molecule has 0 bridgehead atoms. The molecule has 1 aromatic rings. The molecule has 0 aromatic heterocycles. The SMILES string of the molecule is Cc1cc(Cl)c(S(=O)(=O)N2CCCNC(=O)C2)cc1N. The standard InChI is InChI=1S/C12H16ClN3O3S/c1-8-5-9(13)11(6-10(8)14)20(18,19)16-4-2-3-15-12(17)7-16/h5-6H,2-4,7,14H2,1H3,(H,15,17). The van der Waals surface area contributed by atoms with Crippen LogP contribution in [0.15, 0.2) is 17.0 Å². The maximum absolute atomic E-state index is 12.6. The number of hydrogen-bond acceptors (Lipinski definition) is 4. The summed E-state index contributed by atoms with van der Waals surface area (Å²) in [5.74, 6) is -0.317. The number of hydrogen-bond donors (Lipinski definition) is 2. The molecule has 3 N–H and O–H groups in total. The Balaban J connectivity index is 2.44. The van der Waals surface area contributed by atoms with Gasteiger partial charge in [0.2, 0.25) is 15.9 Å². The topological polar surface area (TPSA) is 92.5 Å². The summed E-state index contributed by atoms with van der Waals surface area (Å²) in [5.41, 5.74) is 6.82. The molecule has 1 aliphatic rings. The van der Waals surface area contributed by atoms with Gasteiger partial charge in [-0.3, -0.25) is 4.79 Å². The lowest BCUT2D eigenvalue weighted by Gasteiger charge is -2.20. The number of nitrogen functional groups attached to an aromatic ring is 1. The van der Waals surface area contributed by atoms with E-state index in [1.807, 2.05) is 0 Å². The van der Waals surface area contributed by atoms with Gasteiger partial charge < -0.3 is 11.1 Å². The van der Waals surface area contributed by atoms with E-state index in [1.165, 1.54) is 12.1 Å². The van der Waals surface area contributed by atoms with E-state index in [9.17, 15) is 13.2 Å². The Morgan fingerprint density at radius 2 is 2.10 bits per heavy atom. The average molecular weight is 318 g/mol. The second-order valence-electron chi connectivity index (χ2n) is 4.68. The fourth-order valence-electron chi connectivity index (χ4n) is 1.99. The van der Waals surface area contributed by atoms with Crippen LogP contribution in [-0.2, 0) is 14.8 Å². The van der Waals surface area contributed by atoms with Crippen LogP contribution in [-0.4, -0.2) is 38.3 Å². The van der Waals surface area contributed by atoms with Crippen molar-refractivity contribution in [2.75, 3.05) is 25.4 Å². The summed E-state index contributed by atoms with van der Waals surface area (Å²) in [6.45, 7) is 2.28. The number of nitrogens with one attached hydrogen (secondary N) is 1. The van der Waals surface area contributed by atoms with Crippen molar-refractivity contribution in [1.29, 1.82) is 0 Å². The number of nitrogens with zero attached hydrogens (tertiary/aromatic N) is 1. The second-order valence-corrected chi connectivity index (χ2v) is 6.99. The van der Waals surface area contributed by atoms with Gasteiger partial charge in [0.15, 0.2) is 0 Å². The molecule has 6 nitrogen and oxygen atoms in total. The van der Waals surface area contributed by atoms with E-state index >= 15 is 0 Å². The van der Waals surface area contributed by atoms with Crippen LogP contribution in [0.25, 0.3) is 0 Å². The number of amides is 1. The van der Waals surface area contributed by atoms with Gasteiger partial charge in [0.25, 0.3) is 0 Å². The third-order valence-electron chi connectivity index (χ3n) is 3.16. The zero-order chi connectivity index (χ0) is 14.9. The zero-order valence-electron chi connectivity index (χ0n) is 11.0. The van der Waals surface area contributed by atoms with E-state index in [0.29, 0.717) is 24.2 Å². The Morgan fingerprint density at radius 3 is 2.80 bits per heavy atom. The number of sulfonamides is 1. The first-order valence-electron chi connectivity index (χ1n) is 6.15. The van der Waals surface area contributed by atoms with Crippen LogP contribution in [0.1, 0.15) is 12.0 Å². The Hall–Kier alpha value is -1.31. The highest BCUT2D eigenvalue weighted by molar-refractivity contribution is 7.89. The van der Waals surface area contributed by atoms with Gasteiger partial charge >= 0.3 is 0 Å². The van der Waals surface area contributed by atoms with Gasteiger partial charge in [0.1, 0.15) is 4.90 Å². The predicted molar refractivity (Wildman–Crippen MR) is 77.0 cm³/mol. The normalized spacial score (nSPS) is 17.6. The Morgan fingerprint density at radius 1 is 1.40 bits per heavy atom. The molecule has 8 heteroatoms. The second kappa shape index (κ2) is 5.59. The van der Waals surface area contributed by atoms with Gasteiger partial charge in [-0.15, -0.1) is 0 Å². The predicted octanol–water partition coefficient (Wildman–Crippen LogP) is 0.741. The first-order valence-corrected chi connectivity index (χ1v) is 7.96. The average Bonchev–Trinajstić information content (AvgIpc) is 2.58. The summed E-state index contributed by atoms with van der Waals surface area (Å²) in [4.78, 5) is 11.4. The van der Waals surface area contributed by atoms with E-state index in [-0.39, 0.29) is 28.9 Å². The van der Waals surface area contributed by atoms with Crippen LogP contribution in [0.2, 0.25) is 5.02 Å². The fourth-order valence-corrected chi connectivity index (χ4v) is 4.02. The molecule has 1 heterocycles. The monoisotopic (exact) mass is 317 g/mol. The summed E-state index contributed by atoms with van der Waals surface area (Å²) in [6.07, 6.45) is 0.559. The molecule has 1 fully saturated rings. The smallest absolute Gasteiger partial charge is 0.245 e. The van der Waals surface area contributed by atoms with Gasteiger partial charge in [-0.1, -0.05) is 11.6 Å². The summed E-state index contributed by atoms with van der Waals surface area (Å²) in [7, 11) is -3.83. The minimum absolute atomic E-state index is 0.0584. The molecule has 0 saturated carbocycles. The van der Waals surface area contributed by atoms with Gasteiger partial charge in [-0.25, -0.2) is 8.42 Å². The maximum Gasteiger partial charge on any atom is 0.245 e.